The molecule has 24 nitrogen and oxygen atoms in total. The normalized spacial score (nSPS) is 15.2. The zero-order valence-corrected chi connectivity index (χ0v) is 39.3. The van der Waals surface area contributed by atoms with E-state index in [-0.39, 0.29) is 37.5 Å². The third-order valence-corrected chi connectivity index (χ3v) is 10.2. The molecule has 0 fully saturated rings. The highest BCUT2D eigenvalue weighted by Crippen LogP contribution is 2.14. The van der Waals surface area contributed by atoms with Crippen LogP contribution in [0, 0.1) is 17.8 Å². The zero-order valence-electron chi connectivity index (χ0n) is 39.3. The summed E-state index contributed by atoms with van der Waals surface area (Å²) in [7, 11) is 0. The summed E-state index contributed by atoms with van der Waals surface area (Å²) < 4.78 is 0. The maximum atomic E-state index is 13.8. The van der Waals surface area contributed by atoms with Crippen molar-refractivity contribution in [1.82, 2.24) is 37.2 Å². The Hall–Kier alpha value is -6.69. The van der Waals surface area contributed by atoms with Gasteiger partial charge in [-0.3, -0.25) is 47.9 Å². The fourth-order valence-electron chi connectivity index (χ4n) is 6.59. The van der Waals surface area contributed by atoms with Gasteiger partial charge in [-0.05, 0) is 55.9 Å². The van der Waals surface area contributed by atoms with Gasteiger partial charge < -0.3 is 68.5 Å². The number of carbonyl (C=O) groups excluding carboxylic acids is 7. The summed E-state index contributed by atoms with van der Waals surface area (Å²) in [4.78, 5) is 140. The predicted molar refractivity (Wildman–Crippen MR) is 241 cm³/mol. The molecule has 9 atom stereocenters. The highest BCUT2D eigenvalue weighted by molar-refractivity contribution is 5.97. The van der Waals surface area contributed by atoms with E-state index < -0.39 is 151 Å². The minimum absolute atomic E-state index is 0.0415. The van der Waals surface area contributed by atoms with Crippen LogP contribution in [0.1, 0.15) is 99.0 Å². The van der Waals surface area contributed by atoms with Crippen LogP contribution in [0.3, 0.4) is 0 Å². The van der Waals surface area contributed by atoms with Crippen LogP contribution < -0.4 is 43.0 Å². The summed E-state index contributed by atoms with van der Waals surface area (Å²) in [5.74, 6) is -13.7. The zero-order chi connectivity index (χ0) is 52.0. The van der Waals surface area contributed by atoms with Gasteiger partial charge in [-0.25, -0.2) is 4.79 Å². The van der Waals surface area contributed by atoms with E-state index in [2.05, 4.69) is 37.2 Å². The summed E-state index contributed by atoms with van der Waals surface area (Å²) in [6.07, 6.45) is -5.08. The smallest absolute Gasteiger partial charge is 0.326 e. The lowest BCUT2D eigenvalue weighted by molar-refractivity contribution is -0.143. The molecular formula is C44H68N8O16. The van der Waals surface area contributed by atoms with Gasteiger partial charge in [0.15, 0.2) is 6.10 Å². The van der Waals surface area contributed by atoms with Gasteiger partial charge >= 0.3 is 23.9 Å². The fourth-order valence-corrected chi connectivity index (χ4v) is 6.59. The molecule has 68 heavy (non-hydrogen) atoms. The van der Waals surface area contributed by atoms with Crippen LogP contribution in [0.2, 0.25) is 0 Å². The molecule has 0 aromatic heterocycles. The molecule has 0 heterocycles. The second-order valence-electron chi connectivity index (χ2n) is 17.6. The van der Waals surface area contributed by atoms with Gasteiger partial charge in [-0.1, -0.05) is 71.9 Å². The van der Waals surface area contributed by atoms with Crippen molar-refractivity contribution in [3.8, 4) is 0 Å². The monoisotopic (exact) mass is 964 g/mol. The minimum atomic E-state index is -2.12. The van der Waals surface area contributed by atoms with Crippen LogP contribution in [0.4, 0.5) is 0 Å². The van der Waals surface area contributed by atoms with Gasteiger partial charge in [0.05, 0.1) is 18.5 Å². The molecule has 0 spiro atoms. The Labute approximate surface area is 393 Å². The Balaban J connectivity index is 3.24. The van der Waals surface area contributed by atoms with Crippen molar-refractivity contribution in [2.75, 3.05) is 0 Å². The maximum Gasteiger partial charge on any atom is 0.326 e. The van der Waals surface area contributed by atoms with Crippen LogP contribution >= 0.6 is 0 Å². The number of aliphatic hydroxyl groups is 1. The van der Waals surface area contributed by atoms with E-state index in [4.69, 9.17) is 10.8 Å². The number of carboxylic acids is 4. The number of carboxylic acid groups (broad SMARTS) is 4. The maximum absolute atomic E-state index is 13.8. The Morgan fingerprint density at radius 2 is 1.01 bits per heavy atom. The average molecular weight is 965 g/mol. The molecule has 0 saturated heterocycles. The number of aliphatic carboxylic acids is 4. The van der Waals surface area contributed by atoms with Crippen molar-refractivity contribution in [1.29, 1.82) is 0 Å². The molecule has 0 unspecified atom stereocenters. The number of nitrogens with two attached hydrogens (primary N) is 1. The lowest BCUT2D eigenvalue weighted by Crippen LogP contribution is -2.61. The molecule has 0 aliphatic heterocycles. The predicted octanol–water partition coefficient (Wildman–Crippen LogP) is -1.63. The van der Waals surface area contributed by atoms with Crippen LogP contribution in [-0.2, 0) is 59.2 Å². The third-order valence-electron chi connectivity index (χ3n) is 10.2. The molecule has 1 rings (SSSR count). The van der Waals surface area contributed by atoms with Crippen molar-refractivity contribution in [2.24, 2.45) is 23.5 Å². The molecule has 1 aromatic rings. The molecular weight excluding hydrogens is 897 g/mol. The van der Waals surface area contributed by atoms with E-state index in [0.717, 1.165) is 6.92 Å². The average Bonchev–Trinajstić information content (AvgIpc) is 3.23. The van der Waals surface area contributed by atoms with Crippen molar-refractivity contribution in [2.45, 2.75) is 154 Å². The first-order valence-electron chi connectivity index (χ1n) is 22.1. The molecule has 0 saturated carbocycles. The van der Waals surface area contributed by atoms with E-state index in [9.17, 15) is 73.2 Å². The van der Waals surface area contributed by atoms with Gasteiger partial charge in [-0.15, -0.1) is 0 Å². The molecule has 0 bridgehead atoms. The second-order valence-corrected chi connectivity index (χ2v) is 17.6. The highest BCUT2D eigenvalue weighted by atomic mass is 16.4. The number of hydrogen-bond acceptors (Lipinski definition) is 13. The lowest BCUT2D eigenvalue weighted by Gasteiger charge is -2.30. The van der Waals surface area contributed by atoms with Crippen LogP contribution in [0.25, 0.3) is 0 Å². The number of aliphatic hydroxyl groups excluding tert-OH is 1. The van der Waals surface area contributed by atoms with Crippen molar-refractivity contribution >= 4 is 65.2 Å². The van der Waals surface area contributed by atoms with Crippen LogP contribution in [-0.4, -0.2) is 145 Å². The fraction of sp³-hybridized carbons (Fsp3) is 0.614. The summed E-state index contributed by atoms with van der Waals surface area (Å²) in [5, 5.41) is 65.4. The van der Waals surface area contributed by atoms with E-state index in [1.807, 2.05) is 0 Å². The van der Waals surface area contributed by atoms with Gasteiger partial charge in [0.25, 0.3) is 5.91 Å². The van der Waals surface area contributed by atoms with Crippen LogP contribution in [0.5, 0.6) is 0 Å². The van der Waals surface area contributed by atoms with Crippen molar-refractivity contribution in [3.05, 3.63) is 35.9 Å². The first kappa shape index (κ1) is 59.3. The number of nitrogens with one attached hydrogen (secondary N) is 7. The Morgan fingerprint density at radius 3 is 1.53 bits per heavy atom. The van der Waals surface area contributed by atoms with Gasteiger partial charge in [0, 0.05) is 19.3 Å². The molecule has 0 aliphatic carbocycles. The van der Waals surface area contributed by atoms with Gasteiger partial charge in [0.2, 0.25) is 35.4 Å². The Morgan fingerprint density at radius 1 is 0.515 bits per heavy atom. The van der Waals surface area contributed by atoms with E-state index >= 15 is 0 Å². The number of amides is 7. The summed E-state index contributed by atoms with van der Waals surface area (Å²) in [6.45, 7) is 11.3. The number of benzene rings is 1. The SMILES string of the molecule is CC(C)C[C@H](NC(=O)[C@@H](NC(=O)[C@@H](N)CCC(=O)O)C(C)C)C(=O)N[C@@H](CC(C)C)[C@@H](O)C(=O)N[C@@H](CC(=O)O)C(=O)N[C@@H](C)C(=O)N[C@@H](CCC(=O)O)C(=O)N[C@@H](Cc1ccccc1)C(=O)O. The van der Waals surface area contributed by atoms with Gasteiger partial charge in [-0.2, -0.15) is 0 Å². The Kier molecular flexibility index (Phi) is 25.4. The van der Waals surface area contributed by atoms with Gasteiger partial charge in [0.1, 0.15) is 36.3 Å². The largest absolute Gasteiger partial charge is 0.481 e. The molecule has 7 amide bonds. The molecule has 380 valence electrons. The topological polar surface area (TPSA) is 399 Å². The molecule has 14 N–H and O–H groups in total. The van der Waals surface area contributed by atoms with Crippen molar-refractivity contribution < 1.29 is 78.3 Å². The number of rotatable bonds is 31. The summed E-state index contributed by atoms with van der Waals surface area (Å²) in [6, 6.07) is -3.48. The Bertz CT molecular complexity index is 1930. The highest BCUT2D eigenvalue weighted by Gasteiger charge is 2.37. The van der Waals surface area contributed by atoms with E-state index in [1.165, 1.54) is 0 Å². The third kappa shape index (κ3) is 22.2. The molecule has 1 aromatic carbocycles. The number of hydrogen-bond donors (Lipinski definition) is 13. The second kappa shape index (κ2) is 29.2. The standard InChI is InChI=1S/C44H68N8O16/c1-21(2)17-28(48-41(64)29(18-22(3)4)49-42(65)35(23(5)6)52-38(61)26(45)13-15-32(53)54)36(59)43(66)50-30(20-34(57)58)40(63)46-24(7)37(60)47-27(14-16-33(55)56)39(62)51-31(44(67)68)19-25-11-9-8-10-12-25/h8-12,21-24,26-31,35-36,59H,13-20,45H2,1-7H3,(H,46,63)(H,47,60)(H,48,64)(H,49,65)(H,50,66)(H,51,62)(H,52,61)(H,53,54)(H,55,56)(H,57,58)(H,67,68)/t24-,26-,27-,28-,29-,30-,31-,35-,36+/m0/s1. The number of carbonyl (C=O) groups is 11. The van der Waals surface area contributed by atoms with Crippen molar-refractivity contribution in [3.63, 3.8) is 0 Å². The minimum Gasteiger partial charge on any atom is -0.481 e. The van der Waals surface area contributed by atoms with Crippen LogP contribution in [0.15, 0.2) is 30.3 Å². The summed E-state index contributed by atoms with van der Waals surface area (Å²) in [5.41, 5.74) is 6.37. The van der Waals surface area contributed by atoms with E-state index in [0.29, 0.717) is 5.56 Å². The lowest BCUT2D eigenvalue weighted by atomic mass is 9.96. The molecule has 0 aliphatic rings. The quantitative estimate of drug-likeness (QED) is 0.0397. The first-order valence-corrected chi connectivity index (χ1v) is 22.1. The molecule has 24 heteroatoms. The first-order chi connectivity index (χ1) is 31.6. The van der Waals surface area contributed by atoms with E-state index in [1.54, 1.807) is 71.9 Å². The summed E-state index contributed by atoms with van der Waals surface area (Å²) >= 11 is 0. The molecule has 0 radical (unpaired) electrons.